The molecule has 2 N–H and O–H groups in total. The maximum atomic E-state index is 10.9. The lowest BCUT2D eigenvalue weighted by Crippen LogP contribution is -2.12. The van der Waals surface area contributed by atoms with Crippen LogP contribution in [-0.2, 0) is 0 Å². The zero-order valence-corrected chi connectivity index (χ0v) is 8.45. The molecule has 0 fully saturated rings. The van der Waals surface area contributed by atoms with Crippen LogP contribution in [-0.4, -0.2) is 17.9 Å². The molecule has 0 aliphatic rings. The van der Waals surface area contributed by atoms with Gasteiger partial charge in [0.15, 0.2) is 0 Å². The Labute approximate surface area is 89.7 Å². The molecule has 1 amide bonds. The van der Waals surface area contributed by atoms with Gasteiger partial charge in [0.2, 0.25) is 0 Å². The van der Waals surface area contributed by atoms with Crippen LogP contribution >= 0.6 is 11.6 Å². The number of nitro benzene ring substituents is 1. The Hall–Kier alpha value is -1.82. The summed E-state index contributed by atoms with van der Waals surface area (Å²) in [5.41, 5.74) is 4.46. The summed E-state index contributed by atoms with van der Waals surface area (Å²) in [6.45, 7) is 0. The van der Waals surface area contributed by atoms with Crippen molar-refractivity contribution in [1.29, 1.82) is 0 Å². The number of hydrogen-bond donors (Lipinski definition) is 1. The van der Waals surface area contributed by atoms with Gasteiger partial charge in [0, 0.05) is 0 Å². The molecule has 1 aromatic carbocycles. The van der Waals surface area contributed by atoms with Gasteiger partial charge in [0.25, 0.3) is 11.6 Å². The molecule has 0 aliphatic heterocycles. The first kappa shape index (κ1) is 11.3. The van der Waals surface area contributed by atoms with E-state index in [1.54, 1.807) is 0 Å². The predicted octanol–water partition coefficient (Wildman–Crippen LogP) is 1.36. The minimum Gasteiger partial charge on any atom is -0.496 e. The zero-order chi connectivity index (χ0) is 11.6. The standard InChI is InChI=1S/C8H7ClN2O4/c1-15-4-2-5(8(10)12)7(9)6(3-4)11(13)14/h2-3H,1H3,(H2,10,12). The average molecular weight is 231 g/mol. The zero-order valence-electron chi connectivity index (χ0n) is 7.69. The summed E-state index contributed by atoms with van der Waals surface area (Å²) in [4.78, 5) is 20.8. The van der Waals surface area contributed by atoms with Crippen LogP contribution in [0, 0.1) is 10.1 Å². The summed E-state index contributed by atoms with van der Waals surface area (Å²) < 4.78 is 4.78. The molecule has 0 bridgehead atoms. The minimum atomic E-state index is -0.845. The average Bonchev–Trinajstić information content (AvgIpc) is 2.17. The van der Waals surface area contributed by atoms with Gasteiger partial charge in [-0.3, -0.25) is 14.9 Å². The summed E-state index contributed by atoms with van der Waals surface area (Å²) in [7, 11) is 1.32. The van der Waals surface area contributed by atoms with E-state index in [1.807, 2.05) is 0 Å². The second kappa shape index (κ2) is 4.14. The van der Waals surface area contributed by atoms with Gasteiger partial charge in [-0.05, 0) is 6.07 Å². The van der Waals surface area contributed by atoms with Gasteiger partial charge >= 0.3 is 0 Å². The fraction of sp³-hybridized carbons (Fsp3) is 0.125. The summed E-state index contributed by atoms with van der Waals surface area (Å²) in [6, 6.07) is 2.37. The van der Waals surface area contributed by atoms with E-state index < -0.39 is 16.5 Å². The number of nitro groups is 1. The Morgan fingerprint density at radius 3 is 2.60 bits per heavy atom. The van der Waals surface area contributed by atoms with E-state index in [9.17, 15) is 14.9 Å². The van der Waals surface area contributed by atoms with E-state index >= 15 is 0 Å². The highest BCUT2D eigenvalue weighted by Crippen LogP contribution is 2.32. The number of primary amides is 1. The number of nitrogens with two attached hydrogens (primary N) is 1. The van der Waals surface area contributed by atoms with Crippen LogP contribution in [0.4, 0.5) is 5.69 Å². The second-order valence-electron chi connectivity index (χ2n) is 2.63. The minimum absolute atomic E-state index is 0.136. The maximum Gasteiger partial charge on any atom is 0.292 e. The first-order chi connectivity index (χ1) is 6.97. The topological polar surface area (TPSA) is 95.5 Å². The van der Waals surface area contributed by atoms with Gasteiger partial charge in [-0.15, -0.1) is 0 Å². The first-order valence-electron chi connectivity index (χ1n) is 3.79. The molecule has 0 saturated heterocycles. The third kappa shape index (κ3) is 2.16. The number of hydrogen-bond acceptors (Lipinski definition) is 4. The number of methoxy groups -OCH3 is 1. The number of amides is 1. The number of carbonyl (C=O) groups is 1. The van der Waals surface area contributed by atoms with E-state index in [0.717, 1.165) is 6.07 Å². The summed E-state index contributed by atoms with van der Waals surface area (Å²) in [5.74, 6) is -0.693. The van der Waals surface area contributed by atoms with Crippen molar-refractivity contribution in [2.45, 2.75) is 0 Å². The number of nitrogens with zero attached hydrogens (tertiary/aromatic N) is 1. The highest BCUT2D eigenvalue weighted by atomic mass is 35.5. The van der Waals surface area contributed by atoms with E-state index in [0.29, 0.717) is 0 Å². The van der Waals surface area contributed by atoms with Crippen LogP contribution in [0.15, 0.2) is 12.1 Å². The van der Waals surface area contributed by atoms with Crippen LogP contribution in [0.5, 0.6) is 5.75 Å². The molecule has 0 spiro atoms. The third-order valence-electron chi connectivity index (χ3n) is 1.72. The Balaban J connectivity index is 3.47. The number of halogens is 1. The van der Waals surface area contributed by atoms with Crippen molar-refractivity contribution in [3.05, 3.63) is 32.8 Å². The molecule has 0 aromatic heterocycles. The molecule has 0 radical (unpaired) electrons. The van der Waals surface area contributed by atoms with E-state index in [-0.39, 0.29) is 16.3 Å². The van der Waals surface area contributed by atoms with Crippen molar-refractivity contribution < 1.29 is 14.5 Å². The summed E-state index contributed by atoms with van der Waals surface area (Å²) >= 11 is 5.63. The number of ether oxygens (including phenoxy) is 1. The van der Waals surface area contributed by atoms with Crippen molar-refractivity contribution in [3.63, 3.8) is 0 Å². The van der Waals surface area contributed by atoms with Crippen molar-refractivity contribution in [3.8, 4) is 5.75 Å². The van der Waals surface area contributed by atoms with Crippen LogP contribution in [0.1, 0.15) is 10.4 Å². The van der Waals surface area contributed by atoms with Crippen molar-refractivity contribution in [1.82, 2.24) is 0 Å². The quantitative estimate of drug-likeness (QED) is 0.626. The molecular weight excluding hydrogens is 224 g/mol. The van der Waals surface area contributed by atoms with Gasteiger partial charge in [-0.25, -0.2) is 0 Å². The van der Waals surface area contributed by atoms with Crippen molar-refractivity contribution >= 4 is 23.2 Å². The molecule has 1 rings (SSSR count). The van der Waals surface area contributed by atoms with Gasteiger partial charge in [0.05, 0.1) is 23.7 Å². The lowest BCUT2D eigenvalue weighted by atomic mass is 10.2. The molecule has 0 atom stereocenters. The lowest BCUT2D eigenvalue weighted by Gasteiger charge is -2.04. The summed E-state index contributed by atoms with van der Waals surface area (Å²) in [6.07, 6.45) is 0. The molecule has 80 valence electrons. The fourth-order valence-corrected chi connectivity index (χ4v) is 1.28. The fourth-order valence-electron chi connectivity index (χ4n) is 1.01. The molecule has 1 aromatic rings. The largest absolute Gasteiger partial charge is 0.496 e. The van der Waals surface area contributed by atoms with E-state index in [2.05, 4.69) is 0 Å². The lowest BCUT2D eigenvalue weighted by molar-refractivity contribution is -0.384. The van der Waals surface area contributed by atoms with Crippen molar-refractivity contribution in [2.24, 2.45) is 5.73 Å². The molecule has 6 nitrogen and oxygen atoms in total. The Bertz CT molecular complexity index is 398. The second-order valence-corrected chi connectivity index (χ2v) is 3.01. The smallest absolute Gasteiger partial charge is 0.292 e. The van der Waals surface area contributed by atoms with E-state index in [4.69, 9.17) is 22.1 Å². The number of benzene rings is 1. The Morgan fingerprint density at radius 1 is 1.60 bits per heavy atom. The molecule has 0 unspecified atom stereocenters. The third-order valence-corrected chi connectivity index (χ3v) is 2.12. The number of carbonyl (C=O) groups excluding carboxylic acids is 1. The Kier molecular flexibility index (Phi) is 3.11. The van der Waals surface area contributed by atoms with Crippen molar-refractivity contribution in [2.75, 3.05) is 7.11 Å². The molecule has 0 saturated carbocycles. The molecule has 0 heterocycles. The molecule has 15 heavy (non-hydrogen) atoms. The molecular formula is C8H7ClN2O4. The number of rotatable bonds is 3. The van der Waals surface area contributed by atoms with Crippen LogP contribution in [0.2, 0.25) is 5.02 Å². The van der Waals surface area contributed by atoms with Gasteiger partial charge in [-0.2, -0.15) is 0 Å². The Morgan fingerprint density at radius 2 is 2.20 bits per heavy atom. The molecule has 7 heteroatoms. The van der Waals surface area contributed by atoms with Gasteiger partial charge in [0.1, 0.15) is 10.8 Å². The highest BCUT2D eigenvalue weighted by molar-refractivity contribution is 6.35. The first-order valence-corrected chi connectivity index (χ1v) is 4.17. The SMILES string of the molecule is COc1cc(C(N)=O)c(Cl)c([N+](=O)[O-])c1. The van der Waals surface area contributed by atoms with Gasteiger partial charge < -0.3 is 10.5 Å². The monoisotopic (exact) mass is 230 g/mol. The predicted molar refractivity (Wildman–Crippen MR) is 53.2 cm³/mol. The van der Waals surface area contributed by atoms with E-state index in [1.165, 1.54) is 13.2 Å². The van der Waals surface area contributed by atoms with Gasteiger partial charge in [-0.1, -0.05) is 11.6 Å². The maximum absolute atomic E-state index is 10.9. The van der Waals surface area contributed by atoms with Crippen LogP contribution < -0.4 is 10.5 Å². The van der Waals surface area contributed by atoms with Crippen LogP contribution in [0.3, 0.4) is 0 Å². The summed E-state index contributed by atoms with van der Waals surface area (Å²) in [5, 5.41) is 10.3. The normalized spacial score (nSPS) is 9.73. The van der Waals surface area contributed by atoms with Crippen LogP contribution in [0.25, 0.3) is 0 Å². The molecule has 0 aliphatic carbocycles. The highest BCUT2D eigenvalue weighted by Gasteiger charge is 2.21.